The number of aryl methyl sites for hydroxylation is 1. The second kappa shape index (κ2) is 10.00. The number of carbonyl (C=O) groups excluding carboxylic acids is 2. The molecule has 1 fully saturated rings. The first-order chi connectivity index (χ1) is 16.6. The number of nitrogens with one attached hydrogen (secondary N) is 1. The average molecular weight is 495 g/mol. The fourth-order valence-corrected chi connectivity index (χ4v) is 5.59. The van der Waals surface area contributed by atoms with Gasteiger partial charge in [-0.05, 0) is 73.2 Å². The van der Waals surface area contributed by atoms with Crippen LogP contribution in [-0.2, 0) is 21.1 Å². The van der Waals surface area contributed by atoms with Gasteiger partial charge in [0.05, 0.1) is 22.6 Å². The Kier molecular flexibility index (Phi) is 7.03. The van der Waals surface area contributed by atoms with Gasteiger partial charge in [-0.1, -0.05) is 30.3 Å². The van der Waals surface area contributed by atoms with Crippen LogP contribution in [-0.4, -0.2) is 33.0 Å². The van der Waals surface area contributed by atoms with Crippen molar-refractivity contribution in [1.29, 1.82) is 0 Å². The molecule has 182 valence electrons. The highest BCUT2D eigenvalue weighted by Gasteiger charge is 2.29. The monoisotopic (exact) mass is 494 g/mol. The highest BCUT2D eigenvalue weighted by molar-refractivity contribution is 7.91. The van der Waals surface area contributed by atoms with Crippen LogP contribution in [0, 0.1) is 18.7 Å². The van der Waals surface area contributed by atoms with Crippen LogP contribution in [0.25, 0.3) is 0 Å². The summed E-state index contributed by atoms with van der Waals surface area (Å²) in [5.74, 6) is -1.19. The number of anilines is 2. The number of amides is 2. The highest BCUT2D eigenvalue weighted by atomic mass is 32.2. The molecule has 1 aliphatic rings. The molecule has 1 N–H and O–H groups in total. The Morgan fingerprint density at radius 2 is 1.71 bits per heavy atom. The zero-order valence-electron chi connectivity index (χ0n) is 19.6. The maximum absolute atomic E-state index is 14.7. The van der Waals surface area contributed by atoms with Gasteiger partial charge in [-0.25, -0.2) is 12.8 Å². The molecule has 8 heteroatoms. The summed E-state index contributed by atoms with van der Waals surface area (Å²) in [6, 6.07) is 17.5. The van der Waals surface area contributed by atoms with Crippen LogP contribution in [0.4, 0.5) is 15.8 Å². The molecule has 35 heavy (non-hydrogen) atoms. The van der Waals surface area contributed by atoms with Crippen LogP contribution in [0.5, 0.6) is 0 Å². The van der Waals surface area contributed by atoms with Crippen LogP contribution in [0.2, 0.25) is 0 Å². The molecule has 6 nitrogen and oxygen atoms in total. The van der Waals surface area contributed by atoms with E-state index in [1.54, 1.807) is 25.2 Å². The Labute approximate surface area is 204 Å². The summed E-state index contributed by atoms with van der Waals surface area (Å²) < 4.78 is 39.5. The smallest absolute Gasteiger partial charge is 0.260 e. The van der Waals surface area contributed by atoms with Crippen molar-refractivity contribution >= 4 is 33.0 Å². The molecule has 1 aliphatic carbocycles. The molecule has 0 saturated heterocycles. The van der Waals surface area contributed by atoms with Crippen molar-refractivity contribution in [2.75, 3.05) is 23.0 Å². The molecule has 2 amide bonds. The van der Waals surface area contributed by atoms with E-state index in [0.717, 1.165) is 24.5 Å². The first kappa shape index (κ1) is 24.6. The normalized spacial score (nSPS) is 13.3. The van der Waals surface area contributed by atoms with Crippen molar-refractivity contribution in [2.24, 2.45) is 5.92 Å². The third-order valence-corrected chi connectivity index (χ3v) is 7.96. The van der Waals surface area contributed by atoms with Crippen molar-refractivity contribution < 1.29 is 22.4 Å². The lowest BCUT2D eigenvalue weighted by Gasteiger charge is -2.20. The Bertz CT molecular complexity index is 1370. The summed E-state index contributed by atoms with van der Waals surface area (Å²) in [6.07, 6.45) is 1.91. The van der Waals surface area contributed by atoms with E-state index >= 15 is 0 Å². The lowest BCUT2D eigenvalue weighted by molar-refractivity contribution is -0.115. The highest BCUT2D eigenvalue weighted by Crippen LogP contribution is 2.32. The lowest BCUT2D eigenvalue weighted by atomic mass is 10.1. The predicted molar refractivity (Wildman–Crippen MR) is 134 cm³/mol. The number of hydrogen-bond acceptors (Lipinski definition) is 4. The molecule has 0 heterocycles. The molecule has 4 rings (SSSR count). The molecule has 0 aliphatic heterocycles. The van der Waals surface area contributed by atoms with Crippen molar-refractivity contribution in [3.05, 3.63) is 89.2 Å². The summed E-state index contributed by atoms with van der Waals surface area (Å²) in [4.78, 5) is 26.9. The minimum Gasteiger partial charge on any atom is -0.326 e. The molecule has 0 unspecified atom stereocenters. The fraction of sp³-hybridized carbons (Fsp3) is 0.259. The number of carbonyl (C=O) groups is 2. The van der Waals surface area contributed by atoms with Crippen LogP contribution in [0.15, 0.2) is 71.6 Å². The third kappa shape index (κ3) is 5.95. The molecular weight excluding hydrogens is 467 g/mol. The van der Waals surface area contributed by atoms with Gasteiger partial charge in [0, 0.05) is 18.4 Å². The zero-order chi connectivity index (χ0) is 25.2. The second-order valence-electron chi connectivity index (χ2n) is 8.94. The van der Waals surface area contributed by atoms with Gasteiger partial charge in [0.2, 0.25) is 5.91 Å². The van der Waals surface area contributed by atoms with E-state index in [2.05, 4.69) is 5.32 Å². The standard InChI is InChI=1S/C27H27FN2O4S/c1-18-5-3-4-6-25(18)30(2)27(32)23-14-11-21(16-24(23)28)29-26(31)15-19-9-12-22(13-10-19)35(33,34)17-20-7-8-20/h3-6,9-14,16,20H,7-8,15,17H2,1-2H3,(H,29,31). The van der Waals surface area contributed by atoms with Crippen LogP contribution in [0.1, 0.15) is 34.3 Å². The summed E-state index contributed by atoms with van der Waals surface area (Å²) >= 11 is 0. The van der Waals surface area contributed by atoms with E-state index in [4.69, 9.17) is 0 Å². The minimum atomic E-state index is -3.31. The Hall–Kier alpha value is -3.52. The van der Waals surface area contributed by atoms with E-state index in [-0.39, 0.29) is 40.1 Å². The third-order valence-electron chi connectivity index (χ3n) is 6.06. The summed E-state index contributed by atoms with van der Waals surface area (Å²) in [5.41, 5.74) is 2.34. The molecule has 0 spiro atoms. The van der Waals surface area contributed by atoms with Crippen molar-refractivity contribution in [3.63, 3.8) is 0 Å². The topological polar surface area (TPSA) is 83.6 Å². The van der Waals surface area contributed by atoms with E-state index in [1.807, 2.05) is 25.1 Å². The number of benzene rings is 3. The summed E-state index contributed by atoms with van der Waals surface area (Å²) in [7, 11) is -1.72. The Balaban J connectivity index is 1.39. The number of para-hydroxylation sites is 1. The molecule has 1 saturated carbocycles. The molecule has 0 aromatic heterocycles. The number of halogens is 1. The first-order valence-electron chi connectivity index (χ1n) is 11.4. The van der Waals surface area contributed by atoms with Gasteiger partial charge in [0.15, 0.2) is 9.84 Å². The first-order valence-corrected chi connectivity index (χ1v) is 13.0. The molecule has 0 radical (unpaired) electrons. The van der Waals surface area contributed by atoms with Crippen molar-refractivity contribution in [1.82, 2.24) is 0 Å². The van der Waals surface area contributed by atoms with E-state index < -0.39 is 21.6 Å². The van der Waals surface area contributed by atoms with Gasteiger partial charge < -0.3 is 10.2 Å². The van der Waals surface area contributed by atoms with Gasteiger partial charge in [0.1, 0.15) is 5.82 Å². The average Bonchev–Trinajstić information content (AvgIpc) is 3.62. The van der Waals surface area contributed by atoms with Crippen LogP contribution in [0.3, 0.4) is 0 Å². The maximum Gasteiger partial charge on any atom is 0.260 e. The summed E-state index contributed by atoms with van der Waals surface area (Å²) in [5, 5.41) is 2.62. The van der Waals surface area contributed by atoms with Crippen molar-refractivity contribution in [2.45, 2.75) is 31.1 Å². The molecule has 3 aromatic carbocycles. The minimum absolute atomic E-state index is 0.00127. The second-order valence-corrected chi connectivity index (χ2v) is 11.0. The van der Waals surface area contributed by atoms with Gasteiger partial charge in [0.25, 0.3) is 5.91 Å². The van der Waals surface area contributed by atoms with Gasteiger partial charge in [-0.15, -0.1) is 0 Å². The number of hydrogen-bond donors (Lipinski definition) is 1. The molecule has 0 bridgehead atoms. The quantitative estimate of drug-likeness (QED) is 0.489. The van der Waals surface area contributed by atoms with Gasteiger partial charge in [-0.2, -0.15) is 0 Å². The fourth-order valence-electron chi connectivity index (χ4n) is 3.89. The molecular formula is C27H27FN2O4S. The van der Waals surface area contributed by atoms with E-state index in [0.29, 0.717) is 11.3 Å². The largest absolute Gasteiger partial charge is 0.326 e. The number of sulfone groups is 1. The van der Waals surface area contributed by atoms with Gasteiger partial charge in [-0.3, -0.25) is 9.59 Å². The Morgan fingerprint density at radius 3 is 2.34 bits per heavy atom. The maximum atomic E-state index is 14.7. The van der Waals surface area contributed by atoms with Crippen molar-refractivity contribution in [3.8, 4) is 0 Å². The summed E-state index contributed by atoms with van der Waals surface area (Å²) in [6.45, 7) is 1.87. The molecule has 3 aromatic rings. The van der Waals surface area contributed by atoms with Gasteiger partial charge >= 0.3 is 0 Å². The van der Waals surface area contributed by atoms with Crippen LogP contribution >= 0.6 is 0 Å². The Morgan fingerprint density at radius 1 is 1.03 bits per heavy atom. The predicted octanol–water partition coefficient (Wildman–Crippen LogP) is 4.78. The van der Waals surface area contributed by atoms with Crippen LogP contribution < -0.4 is 10.2 Å². The van der Waals surface area contributed by atoms with E-state index in [1.165, 1.54) is 29.2 Å². The SMILES string of the molecule is Cc1ccccc1N(C)C(=O)c1ccc(NC(=O)Cc2ccc(S(=O)(=O)CC3CC3)cc2)cc1F. The lowest BCUT2D eigenvalue weighted by Crippen LogP contribution is -2.27. The van der Waals surface area contributed by atoms with E-state index in [9.17, 15) is 22.4 Å². The zero-order valence-corrected chi connectivity index (χ0v) is 20.4. The number of rotatable bonds is 8. The molecule has 0 atom stereocenters. The number of nitrogens with zero attached hydrogens (tertiary/aromatic N) is 1.